The molecule has 2 aliphatic rings. The quantitative estimate of drug-likeness (QED) is 0.818. The summed E-state index contributed by atoms with van der Waals surface area (Å²) in [4.78, 5) is 0. The first-order chi connectivity index (χ1) is 7.98. The molecule has 0 amide bonds. The molecule has 1 heterocycles. The van der Waals surface area contributed by atoms with Gasteiger partial charge in [-0.2, -0.15) is 13.2 Å². The first-order valence-electron chi connectivity index (χ1n) is 6.31. The zero-order chi connectivity index (χ0) is 12.5. The number of ether oxygens (including phenoxy) is 1. The van der Waals surface area contributed by atoms with Gasteiger partial charge in [0.25, 0.3) is 0 Å². The first kappa shape index (κ1) is 13.1. The Morgan fingerprint density at radius 2 is 1.65 bits per heavy atom. The lowest BCUT2D eigenvalue weighted by Gasteiger charge is -2.34. The fourth-order valence-electron chi connectivity index (χ4n) is 3.00. The van der Waals surface area contributed by atoms with Gasteiger partial charge < -0.3 is 9.84 Å². The number of alkyl halides is 3. The molecule has 0 aromatic heterocycles. The van der Waals surface area contributed by atoms with Gasteiger partial charge in [0.05, 0.1) is 18.6 Å². The van der Waals surface area contributed by atoms with E-state index in [0.717, 1.165) is 6.42 Å². The molecule has 0 aromatic carbocycles. The average molecular weight is 252 g/mol. The molecule has 1 saturated heterocycles. The molecule has 0 bridgehead atoms. The highest BCUT2D eigenvalue weighted by molar-refractivity contribution is 4.84. The van der Waals surface area contributed by atoms with Crippen molar-refractivity contribution in [2.24, 2.45) is 17.8 Å². The predicted molar refractivity (Wildman–Crippen MR) is 56.4 cm³/mol. The Morgan fingerprint density at radius 1 is 1.00 bits per heavy atom. The average Bonchev–Trinajstić information content (AvgIpc) is 2.80. The molecule has 2 nitrogen and oxygen atoms in total. The summed E-state index contributed by atoms with van der Waals surface area (Å²) in [6.45, 7) is 1.22. The van der Waals surface area contributed by atoms with Crippen LogP contribution in [0.1, 0.15) is 32.1 Å². The third kappa shape index (κ3) is 3.13. The Morgan fingerprint density at radius 3 is 2.12 bits per heavy atom. The molecule has 0 aromatic rings. The smallest absolute Gasteiger partial charge is 0.391 e. The van der Waals surface area contributed by atoms with Crippen LogP contribution in [0.2, 0.25) is 0 Å². The Kier molecular flexibility index (Phi) is 3.98. The molecular weight excluding hydrogens is 233 g/mol. The first-order valence-corrected chi connectivity index (χ1v) is 6.31. The number of hydrogen-bond acceptors (Lipinski definition) is 2. The summed E-state index contributed by atoms with van der Waals surface area (Å²) in [7, 11) is 0. The minimum atomic E-state index is -4.06. The number of rotatable bonds is 2. The van der Waals surface area contributed by atoms with Gasteiger partial charge in [-0.15, -0.1) is 0 Å². The van der Waals surface area contributed by atoms with Crippen molar-refractivity contribution in [2.45, 2.75) is 44.4 Å². The molecule has 1 saturated carbocycles. The Labute approximate surface area is 99.1 Å². The molecule has 2 atom stereocenters. The molecule has 1 aliphatic heterocycles. The second-order valence-electron chi connectivity index (χ2n) is 5.27. The zero-order valence-corrected chi connectivity index (χ0v) is 9.75. The van der Waals surface area contributed by atoms with Crippen LogP contribution in [0.15, 0.2) is 0 Å². The Hall–Kier alpha value is -0.290. The summed E-state index contributed by atoms with van der Waals surface area (Å²) in [5, 5.41) is 10.1. The maximum Gasteiger partial charge on any atom is 0.391 e. The van der Waals surface area contributed by atoms with E-state index in [4.69, 9.17) is 4.74 Å². The predicted octanol–water partition coefficient (Wildman–Crippen LogP) is 2.75. The van der Waals surface area contributed by atoms with Crippen molar-refractivity contribution in [3.63, 3.8) is 0 Å². The number of halogens is 3. The fraction of sp³-hybridized carbons (Fsp3) is 1.00. The van der Waals surface area contributed by atoms with Gasteiger partial charge in [-0.3, -0.25) is 0 Å². The molecule has 2 fully saturated rings. The summed E-state index contributed by atoms with van der Waals surface area (Å²) in [5.74, 6) is -1.01. The molecule has 2 rings (SSSR count). The van der Waals surface area contributed by atoms with Crippen LogP contribution in [0.25, 0.3) is 0 Å². The second kappa shape index (κ2) is 5.14. The van der Waals surface area contributed by atoms with Crippen LogP contribution in [0.3, 0.4) is 0 Å². The van der Waals surface area contributed by atoms with Crippen molar-refractivity contribution < 1.29 is 23.0 Å². The third-order valence-corrected chi connectivity index (χ3v) is 4.17. The van der Waals surface area contributed by atoms with Crippen LogP contribution < -0.4 is 0 Å². The minimum absolute atomic E-state index is 0.0281. The summed E-state index contributed by atoms with van der Waals surface area (Å²) >= 11 is 0. The summed E-state index contributed by atoms with van der Waals surface area (Å²) < 4.78 is 42.7. The molecule has 0 radical (unpaired) electrons. The van der Waals surface area contributed by atoms with E-state index in [-0.39, 0.29) is 24.7 Å². The van der Waals surface area contributed by atoms with Crippen molar-refractivity contribution in [1.29, 1.82) is 0 Å². The number of hydrogen-bond donors (Lipinski definition) is 1. The second-order valence-corrected chi connectivity index (χ2v) is 5.27. The molecule has 5 heteroatoms. The van der Waals surface area contributed by atoms with Crippen molar-refractivity contribution in [1.82, 2.24) is 0 Å². The highest BCUT2D eigenvalue weighted by Crippen LogP contribution is 2.41. The number of aliphatic hydroxyl groups excluding tert-OH is 1. The van der Waals surface area contributed by atoms with E-state index < -0.39 is 18.2 Å². The van der Waals surface area contributed by atoms with E-state index in [0.29, 0.717) is 26.1 Å². The van der Waals surface area contributed by atoms with Gasteiger partial charge in [0.1, 0.15) is 0 Å². The molecular formula is C12H19F3O2. The zero-order valence-electron chi connectivity index (χ0n) is 9.75. The van der Waals surface area contributed by atoms with Gasteiger partial charge in [0.15, 0.2) is 0 Å². The van der Waals surface area contributed by atoms with Crippen molar-refractivity contribution in [3.05, 3.63) is 0 Å². The van der Waals surface area contributed by atoms with Gasteiger partial charge in [-0.05, 0) is 38.0 Å². The SMILES string of the molecule is OC(C1CCC(C(F)(F)F)CC1)C1CCOC1. The van der Waals surface area contributed by atoms with Gasteiger partial charge in [0, 0.05) is 12.5 Å². The molecule has 0 spiro atoms. The van der Waals surface area contributed by atoms with Crippen LogP contribution in [0.4, 0.5) is 13.2 Å². The molecule has 1 aliphatic carbocycles. The van der Waals surface area contributed by atoms with E-state index in [2.05, 4.69) is 0 Å². The van der Waals surface area contributed by atoms with Crippen LogP contribution in [-0.4, -0.2) is 30.6 Å². The van der Waals surface area contributed by atoms with E-state index in [1.807, 2.05) is 0 Å². The van der Waals surface area contributed by atoms with Gasteiger partial charge in [0.2, 0.25) is 0 Å². The fourth-order valence-corrected chi connectivity index (χ4v) is 3.00. The molecule has 100 valence electrons. The topological polar surface area (TPSA) is 29.5 Å². The molecule has 1 N–H and O–H groups in total. The van der Waals surface area contributed by atoms with Crippen molar-refractivity contribution >= 4 is 0 Å². The lowest BCUT2D eigenvalue weighted by Crippen LogP contribution is -2.35. The van der Waals surface area contributed by atoms with E-state index in [1.54, 1.807) is 0 Å². The highest BCUT2D eigenvalue weighted by atomic mass is 19.4. The molecule has 2 unspecified atom stereocenters. The maximum absolute atomic E-state index is 12.5. The van der Waals surface area contributed by atoms with Crippen LogP contribution in [0.5, 0.6) is 0 Å². The van der Waals surface area contributed by atoms with E-state index in [9.17, 15) is 18.3 Å². The van der Waals surface area contributed by atoms with Gasteiger partial charge >= 0.3 is 6.18 Å². The van der Waals surface area contributed by atoms with Gasteiger partial charge in [-0.25, -0.2) is 0 Å². The third-order valence-electron chi connectivity index (χ3n) is 4.17. The van der Waals surface area contributed by atoms with E-state index in [1.165, 1.54) is 0 Å². The van der Waals surface area contributed by atoms with E-state index >= 15 is 0 Å². The monoisotopic (exact) mass is 252 g/mol. The highest BCUT2D eigenvalue weighted by Gasteiger charge is 2.43. The number of aliphatic hydroxyl groups is 1. The summed E-state index contributed by atoms with van der Waals surface area (Å²) in [5.41, 5.74) is 0. The summed E-state index contributed by atoms with van der Waals surface area (Å²) in [6.07, 6.45) is -2.40. The standard InChI is InChI=1S/C12H19F3O2/c13-12(14,15)10-3-1-8(2-4-10)11(16)9-5-6-17-7-9/h8-11,16H,1-7H2. The Bertz CT molecular complexity index is 241. The van der Waals surface area contributed by atoms with Crippen LogP contribution >= 0.6 is 0 Å². The van der Waals surface area contributed by atoms with Gasteiger partial charge in [-0.1, -0.05) is 0 Å². The largest absolute Gasteiger partial charge is 0.392 e. The normalized spacial score (nSPS) is 37.1. The van der Waals surface area contributed by atoms with Crippen LogP contribution in [0, 0.1) is 17.8 Å². The van der Waals surface area contributed by atoms with Crippen LogP contribution in [-0.2, 0) is 4.74 Å². The molecule has 17 heavy (non-hydrogen) atoms. The lowest BCUT2D eigenvalue weighted by atomic mass is 9.76. The van der Waals surface area contributed by atoms with Crippen molar-refractivity contribution in [3.8, 4) is 0 Å². The Balaban J connectivity index is 1.82. The maximum atomic E-state index is 12.5. The minimum Gasteiger partial charge on any atom is -0.392 e. The lowest BCUT2D eigenvalue weighted by molar-refractivity contribution is -0.186. The van der Waals surface area contributed by atoms with Crippen molar-refractivity contribution in [2.75, 3.05) is 13.2 Å². The summed E-state index contributed by atoms with van der Waals surface area (Å²) in [6, 6.07) is 0.